The molecule has 0 radical (unpaired) electrons. The van der Waals surface area contributed by atoms with Crippen LogP contribution in [0.1, 0.15) is 6.42 Å². The molecule has 17 heavy (non-hydrogen) atoms. The minimum atomic E-state index is -0.269. The maximum atomic E-state index is 11.1. The van der Waals surface area contributed by atoms with Gasteiger partial charge in [-0.15, -0.1) is 0 Å². The van der Waals surface area contributed by atoms with Crippen LogP contribution in [0, 0.1) is 5.92 Å². The molecule has 2 heterocycles. The molecular weight excluding hydrogens is 288 g/mol. The highest BCUT2D eigenvalue weighted by molar-refractivity contribution is 9.10. The quantitative estimate of drug-likeness (QED) is 0.528. The van der Waals surface area contributed by atoms with Gasteiger partial charge in [-0.05, 0) is 22.4 Å². The van der Waals surface area contributed by atoms with Crippen molar-refractivity contribution in [3.63, 3.8) is 0 Å². The van der Waals surface area contributed by atoms with E-state index in [0.29, 0.717) is 16.8 Å². The maximum Gasteiger partial charge on any atom is 0.222 e. The van der Waals surface area contributed by atoms with E-state index in [9.17, 15) is 4.79 Å². The largest absolute Gasteiger partial charge is 0.369 e. The molecule has 0 bridgehead atoms. The van der Waals surface area contributed by atoms with Gasteiger partial charge in [0.15, 0.2) is 5.82 Å². The molecule has 1 aliphatic heterocycles. The van der Waals surface area contributed by atoms with Crippen LogP contribution in [0.4, 0.5) is 11.6 Å². The number of amides is 1. The average molecular weight is 301 g/mol. The van der Waals surface area contributed by atoms with E-state index in [1.165, 1.54) is 6.33 Å². The molecule has 1 saturated heterocycles. The van der Waals surface area contributed by atoms with Gasteiger partial charge in [0.1, 0.15) is 16.6 Å². The zero-order chi connectivity index (χ0) is 12.4. The van der Waals surface area contributed by atoms with Gasteiger partial charge in [0.25, 0.3) is 0 Å². The molecule has 8 heteroatoms. The number of aromatic nitrogens is 2. The van der Waals surface area contributed by atoms with Gasteiger partial charge in [-0.2, -0.15) is 0 Å². The first-order valence-electron chi connectivity index (χ1n) is 5.15. The number of nitrogens with two attached hydrogens (primary N) is 2. The van der Waals surface area contributed by atoms with Crippen molar-refractivity contribution in [3.05, 3.63) is 10.8 Å². The number of hydrazine groups is 1. The predicted octanol–water partition coefficient (Wildman–Crippen LogP) is -0.164. The average Bonchev–Trinajstić information content (AvgIpc) is 2.78. The smallest absolute Gasteiger partial charge is 0.222 e. The van der Waals surface area contributed by atoms with Crippen molar-refractivity contribution in [2.24, 2.45) is 17.5 Å². The number of hydrogen-bond donors (Lipinski definition) is 3. The van der Waals surface area contributed by atoms with E-state index in [2.05, 4.69) is 31.3 Å². The van der Waals surface area contributed by atoms with Gasteiger partial charge in [-0.3, -0.25) is 4.79 Å². The van der Waals surface area contributed by atoms with Gasteiger partial charge in [0.05, 0.1) is 5.92 Å². The van der Waals surface area contributed by atoms with Crippen LogP contribution in [0.5, 0.6) is 0 Å². The Balaban J connectivity index is 2.22. The van der Waals surface area contributed by atoms with Gasteiger partial charge in [0, 0.05) is 13.1 Å². The molecule has 0 aromatic carbocycles. The second-order valence-electron chi connectivity index (χ2n) is 3.84. The van der Waals surface area contributed by atoms with Crippen molar-refractivity contribution in [2.75, 3.05) is 23.4 Å². The maximum absolute atomic E-state index is 11.1. The third-order valence-corrected chi connectivity index (χ3v) is 3.53. The van der Waals surface area contributed by atoms with E-state index in [4.69, 9.17) is 11.6 Å². The van der Waals surface area contributed by atoms with Crippen LogP contribution >= 0.6 is 15.9 Å². The van der Waals surface area contributed by atoms with Gasteiger partial charge in [0.2, 0.25) is 5.91 Å². The van der Waals surface area contributed by atoms with Gasteiger partial charge >= 0.3 is 0 Å². The van der Waals surface area contributed by atoms with E-state index >= 15 is 0 Å². The van der Waals surface area contributed by atoms with Crippen molar-refractivity contribution < 1.29 is 4.79 Å². The van der Waals surface area contributed by atoms with Crippen LogP contribution in [0.15, 0.2) is 10.8 Å². The lowest BCUT2D eigenvalue weighted by atomic mass is 10.1. The lowest BCUT2D eigenvalue weighted by Gasteiger charge is -2.19. The molecule has 1 fully saturated rings. The second-order valence-corrected chi connectivity index (χ2v) is 4.63. The molecule has 0 aliphatic carbocycles. The van der Waals surface area contributed by atoms with E-state index in [0.717, 1.165) is 18.8 Å². The zero-order valence-corrected chi connectivity index (χ0v) is 10.6. The second kappa shape index (κ2) is 4.84. The molecule has 1 aromatic rings. The molecule has 7 nitrogen and oxygen atoms in total. The van der Waals surface area contributed by atoms with Crippen LogP contribution in [0.25, 0.3) is 0 Å². The van der Waals surface area contributed by atoms with Crippen LogP contribution in [0.2, 0.25) is 0 Å². The fourth-order valence-electron chi connectivity index (χ4n) is 1.87. The molecule has 92 valence electrons. The molecule has 0 saturated carbocycles. The fourth-order valence-corrected chi connectivity index (χ4v) is 2.44. The van der Waals surface area contributed by atoms with Crippen molar-refractivity contribution in [2.45, 2.75) is 6.42 Å². The summed E-state index contributed by atoms with van der Waals surface area (Å²) in [6.07, 6.45) is 2.17. The van der Waals surface area contributed by atoms with Crippen LogP contribution in [-0.4, -0.2) is 29.0 Å². The lowest BCUT2D eigenvalue weighted by Crippen LogP contribution is -2.28. The van der Waals surface area contributed by atoms with E-state index in [1.807, 2.05) is 4.90 Å². The number of carbonyl (C=O) groups is 1. The highest BCUT2D eigenvalue weighted by Gasteiger charge is 2.29. The third-order valence-electron chi connectivity index (χ3n) is 2.80. The Morgan fingerprint density at radius 2 is 2.35 bits per heavy atom. The van der Waals surface area contributed by atoms with Crippen molar-refractivity contribution >= 4 is 33.5 Å². The topological polar surface area (TPSA) is 110 Å². The summed E-state index contributed by atoms with van der Waals surface area (Å²) in [5.41, 5.74) is 7.77. The zero-order valence-electron chi connectivity index (χ0n) is 9.06. The van der Waals surface area contributed by atoms with Gasteiger partial charge < -0.3 is 16.1 Å². The molecule has 0 spiro atoms. The van der Waals surface area contributed by atoms with E-state index < -0.39 is 0 Å². The first-order chi connectivity index (χ1) is 8.13. The summed E-state index contributed by atoms with van der Waals surface area (Å²) in [6.45, 7) is 1.32. The number of anilines is 2. The summed E-state index contributed by atoms with van der Waals surface area (Å²) in [5.74, 6) is 6.17. The Kier molecular flexibility index (Phi) is 3.43. The van der Waals surface area contributed by atoms with Crippen LogP contribution < -0.4 is 21.9 Å². The van der Waals surface area contributed by atoms with Crippen molar-refractivity contribution in [3.8, 4) is 0 Å². The first-order valence-corrected chi connectivity index (χ1v) is 5.94. The highest BCUT2D eigenvalue weighted by Crippen LogP contribution is 2.32. The number of nitrogens with zero attached hydrogens (tertiary/aromatic N) is 3. The normalized spacial score (nSPS) is 19.4. The molecule has 1 unspecified atom stereocenters. The van der Waals surface area contributed by atoms with Crippen LogP contribution in [0.3, 0.4) is 0 Å². The van der Waals surface area contributed by atoms with Crippen LogP contribution in [-0.2, 0) is 4.79 Å². The summed E-state index contributed by atoms with van der Waals surface area (Å²) >= 11 is 3.38. The molecule has 1 aliphatic rings. The lowest BCUT2D eigenvalue weighted by molar-refractivity contribution is -0.121. The van der Waals surface area contributed by atoms with Crippen molar-refractivity contribution in [1.82, 2.24) is 9.97 Å². The number of halogens is 1. The standard InChI is InChI=1S/C9H13BrN6O/c10-6-8(15-12)13-4-14-9(6)16-2-1-5(3-16)7(11)17/h4-5H,1-3,12H2,(H2,11,17)(H,13,14,15). The Bertz CT molecular complexity index is 439. The minimum absolute atomic E-state index is 0.119. The number of primary amides is 1. The number of carbonyl (C=O) groups excluding carboxylic acids is 1. The molecular formula is C9H13BrN6O. The Morgan fingerprint density at radius 1 is 1.59 bits per heavy atom. The van der Waals surface area contributed by atoms with E-state index in [-0.39, 0.29) is 11.8 Å². The predicted molar refractivity (Wildman–Crippen MR) is 67.1 cm³/mol. The molecule has 1 atom stereocenters. The van der Waals surface area contributed by atoms with Crippen molar-refractivity contribution in [1.29, 1.82) is 0 Å². The highest BCUT2D eigenvalue weighted by atomic mass is 79.9. The van der Waals surface area contributed by atoms with E-state index in [1.54, 1.807) is 0 Å². The minimum Gasteiger partial charge on any atom is -0.369 e. The van der Waals surface area contributed by atoms with Gasteiger partial charge in [-0.25, -0.2) is 15.8 Å². The molecule has 5 N–H and O–H groups in total. The Morgan fingerprint density at radius 3 is 2.94 bits per heavy atom. The molecule has 1 aromatic heterocycles. The molecule has 1 amide bonds. The summed E-state index contributed by atoms with van der Waals surface area (Å²) in [5, 5.41) is 0. The monoisotopic (exact) mass is 300 g/mol. The SMILES string of the molecule is NNc1ncnc(N2CCC(C(N)=O)C2)c1Br. The number of nitrogens with one attached hydrogen (secondary N) is 1. The van der Waals surface area contributed by atoms with Gasteiger partial charge in [-0.1, -0.05) is 0 Å². The summed E-state index contributed by atoms with van der Waals surface area (Å²) in [6, 6.07) is 0. The number of nitrogen functional groups attached to an aromatic ring is 1. The molecule has 2 rings (SSSR count). The number of hydrogen-bond acceptors (Lipinski definition) is 6. The summed E-state index contributed by atoms with van der Waals surface area (Å²) < 4.78 is 0.688. The Labute approximate surface area is 107 Å². The first kappa shape index (κ1) is 12.1. The summed E-state index contributed by atoms with van der Waals surface area (Å²) in [4.78, 5) is 21.2. The Hall–Kier alpha value is -1.41. The summed E-state index contributed by atoms with van der Waals surface area (Å²) in [7, 11) is 0. The third kappa shape index (κ3) is 2.32. The number of rotatable bonds is 3. The fraction of sp³-hybridized carbons (Fsp3) is 0.444.